The fourth-order valence-corrected chi connectivity index (χ4v) is 4.79. The van der Waals surface area contributed by atoms with Gasteiger partial charge >= 0.3 is 0 Å². The van der Waals surface area contributed by atoms with Crippen LogP contribution in [0, 0.1) is 5.82 Å². The normalized spacial score (nSPS) is 14.8. The summed E-state index contributed by atoms with van der Waals surface area (Å²) in [5.41, 5.74) is 5.44. The van der Waals surface area contributed by atoms with E-state index >= 15 is 0 Å². The van der Waals surface area contributed by atoms with Gasteiger partial charge in [0, 0.05) is 29.3 Å². The Balaban J connectivity index is 1.47. The van der Waals surface area contributed by atoms with Crippen molar-refractivity contribution in [2.75, 3.05) is 7.11 Å². The van der Waals surface area contributed by atoms with Crippen LogP contribution in [-0.2, 0) is 0 Å². The number of benzene rings is 4. The number of hydrazone groups is 1. The van der Waals surface area contributed by atoms with Crippen molar-refractivity contribution in [3.05, 3.63) is 138 Å². The molecule has 0 saturated heterocycles. The van der Waals surface area contributed by atoms with Gasteiger partial charge in [-0.25, -0.2) is 14.1 Å². The van der Waals surface area contributed by atoms with E-state index in [1.807, 2.05) is 71.5 Å². The van der Waals surface area contributed by atoms with Crippen molar-refractivity contribution in [3.63, 3.8) is 0 Å². The Morgan fingerprint density at radius 3 is 2.18 bits per heavy atom. The molecule has 1 aliphatic heterocycles. The molecule has 6 nitrogen and oxygen atoms in total. The molecule has 6 rings (SSSR count). The first-order valence-electron chi connectivity index (χ1n) is 12.6. The highest BCUT2D eigenvalue weighted by atomic mass is 19.1. The van der Waals surface area contributed by atoms with Gasteiger partial charge in [0.1, 0.15) is 11.6 Å². The van der Waals surface area contributed by atoms with Crippen LogP contribution in [0.5, 0.6) is 5.75 Å². The second-order valence-electron chi connectivity index (χ2n) is 9.23. The summed E-state index contributed by atoms with van der Waals surface area (Å²) < 4.78 is 20.8. The van der Waals surface area contributed by atoms with Crippen LogP contribution in [0.25, 0.3) is 16.9 Å². The van der Waals surface area contributed by atoms with E-state index in [-0.39, 0.29) is 11.7 Å². The topological polar surface area (TPSA) is 59.7 Å². The number of methoxy groups -OCH3 is 1. The molecule has 1 aromatic heterocycles. The lowest BCUT2D eigenvalue weighted by molar-refractivity contribution is 0.0711. The first kappa shape index (κ1) is 24.3. The quantitative estimate of drug-likeness (QED) is 0.253. The van der Waals surface area contributed by atoms with Gasteiger partial charge in [-0.15, -0.1) is 0 Å². The molecule has 0 aliphatic carbocycles. The molecule has 1 amide bonds. The molecule has 5 aromatic rings. The second-order valence-corrected chi connectivity index (χ2v) is 9.23. The molecule has 0 bridgehead atoms. The fraction of sp³-hybridized carbons (Fsp3) is 0.0938. The van der Waals surface area contributed by atoms with Gasteiger partial charge in [0.2, 0.25) is 0 Å². The summed E-state index contributed by atoms with van der Waals surface area (Å²) in [6.45, 7) is 0. The zero-order chi connectivity index (χ0) is 26.8. The maximum Gasteiger partial charge on any atom is 0.274 e. The van der Waals surface area contributed by atoms with Gasteiger partial charge in [0.15, 0.2) is 0 Å². The van der Waals surface area contributed by atoms with Crippen LogP contribution in [0.15, 0.2) is 120 Å². The molecule has 0 spiro atoms. The van der Waals surface area contributed by atoms with Crippen LogP contribution < -0.4 is 4.74 Å². The molecule has 192 valence electrons. The van der Waals surface area contributed by atoms with Crippen LogP contribution in [-0.4, -0.2) is 33.5 Å². The summed E-state index contributed by atoms with van der Waals surface area (Å²) in [6.07, 6.45) is 2.42. The minimum atomic E-state index is -0.424. The summed E-state index contributed by atoms with van der Waals surface area (Å²) in [4.78, 5) is 13.9. The van der Waals surface area contributed by atoms with E-state index in [1.165, 1.54) is 17.1 Å². The Morgan fingerprint density at radius 2 is 1.51 bits per heavy atom. The van der Waals surface area contributed by atoms with E-state index in [9.17, 15) is 9.18 Å². The third-order valence-corrected chi connectivity index (χ3v) is 6.80. The second kappa shape index (κ2) is 10.4. The molecular formula is C32H25FN4O2. The van der Waals surface area contributed by atoms with Gasteiger partial charge in [-0.2, -0.15) is 10.2 Å². The molecule has 0 N–H and O–H groups in total. The number of halogens is 1. The van der Waals surface area contributed by atoms with E-state index in [2.05, 4.69) is 0 Å². The first-order valence-corrected chi connectivity index (χ1v) is 12.6. The monoisotopic (exact) mass is 516 g/mol. The SMILES string of the molecule is COc1ccc(C(=O)N2N=C(c3ccc(F)cc3)CC2c2cn(-c3ccccc3)nc2-c2ccccc2)cc1. The van der Waals surface area contributed by atoms with E-state index in [1.54, 1.807) is 43.5 Å². The van der Waals surface area contributed by atoms with Gasteiger partial charge in [-0.05, 0) is 54.1 Å². The van der Waals surface area contributed by atoms with E-state index in [0.717, 1.165) is 28.1 Å². The van der Waals surface area contributed by atoms with Crippen molar-refractivity contribution in [2.45, 2.75) is 12.5 Å². The van der Waals surface area contributed by atoms with Crippen molar-refractivity contribution in [2.24, 2.45) is 5.10 Å². The Bertz CT molecular complexity index is 1630. The van der Waals surface area contributed by atoms with Crippen molar-refractivity contribution < 1.29 is 13.9 Å². The number of carbonyl (C=O) groups is 1. The Morgan fingerprint density at radius 1 is 0.846 bits per heavy atom. The molecule has 1 aliphatic rings. The van der Waals surface area contributed by atoms with Crippen LogP contribution in [0.3, 0.4) is 0 Å². The summed E-state index contributed by atoms with van der Waals surface area (Å²) in [6, 6.07) is 32.5. The summed E-state index contributed by atoms with van der Waals surface area (Å²) >= 11 is 0. The molecule has 4 aromatic carbocycles. The average Bonchev–Trinajstić information content (AvgIpc) is 3.64. The Kier molecular flexibility index (Phi) is 6.47. The number of nitrogens with zero attached hydrogens (tertiary/aromatic N) is 4. The highest BCUT2D eigenvalue weighted by Gasteiger charge is 2.36. The van der Waals surface area contributed by atoms with E-state index in [4.69, 9.17) is 14.9 Å². The maximum atomic E-state index is 13.9. The minimum Gasteiger partial charge on any atom is -0.497 e. The lowest BCUT2D eigenvalue weighted by Gasteiger charge is -2.22. The zero-order valence-corrected chi connectivity index (χ0v) is 21.2. The van der Waals surface area contributed by atoms with E-state index < -0.39 is 6.04 Å². The van der Waals surface area contributed by atoms with Crippen LogP contribution in [0.1, 0.15) is 33.9 Å². The lowest BCUT2D eigenvalue weighted by Crippen LogP contribution is -2.27. The zero-order valence-electron chi connectivity index (χ0n) is 21.2. The van der Waals surface area contributed by atoms with Gasteiger partial charge in [-0.1, -0.05) is 60.7 Å². The molecule has 0 saturated carbocycles. The Labute approximate surface area is 225 Å². The first-order chi connectivity index (χ1) is 19.1. The molecule has 2 heterocycles. The molecule has 1 unspecified atom stereocenters. The number of para-hydroxylation sites is 1. The molecule has 0 fully saturated rings. The molecule has 7 heteroatoms. The summed E-state index contributed by atoms with van der Waals surface area (Å²) in [5, 5.41) is 11.3. The molecule has 39 heavy (non-hydrogen) atoms. The lowest BCUT2D eigenvalue weighted by atomic mass is 9.96. The van der Waals surface area contributed by atoms with Crippen LogP contribution in [0.4, 0.5) is 4.39 Å². The predicted molar refractivity (Wildman–Crippen MR) is 148 cm³/mol. The minimum absolute atomic E-state index is 0.244. The smallest absolute Gasteiger partial charge is 0.274 e. The number of rotatable bonds is 6. The third kappa shape index (κ3) is 4.82. The van der Waals surface area contributed by atoms with Crippen molar-refractivity contribution in [1.29, 1.82) is 0 Å². The van der Waals surface area contributed by atoms with Gasteiger partial charge in [0.25, 0.3) is 5.91 Å². The molecular weight excluding hydrogens is 491 g/mol. The highest BCUT2D eigenvalue weighted by Crippen LogP contribution is 2.39. The summed E-state index contributed by atoms with van der Waals surface area (Å²) in [5.74, 6) is 0.0947. The van der Waals surface area contributed by atoms with Crippen molar-refractivity contribution in [3.8, 4) is 22.7 Å². The molecule has 0 radical (unpaired) electrons. The van der Waals surface area contributed by atoms with E-state index in [0.29, 0.717) is 23.4 Å². The number of aromatic nitrogens is 2. The van der Waals surface area contributed by atoms with Crippen LogP contribution >= 0.6 is 0 Å². The largest absolute Gasteiger partial charge is 0.497 e. The van der Waals surface area contributed by atoms with Crippen molar-refractivity contribution >= 4 is 11.6 Å². The number of ether oxygens (including phenoxy) is 1. The van der Waals surface area contributed by atoms with Gasteiger partial charge < -0.3 is 4.74 Å². The average molecular weight is 517 g/mol. The van der Waals surface area contributed by atoms with Crippen molar-refractivity contribution in [1.82, 2.24) is 14.8 Å². The van der Waals surface area contributed by atoms with Crippen LogP contribution in [0.2, 0.25) is 0 Å². The summed E-state index contributed by atoms with van der Waals surface area (Å²) in [7, 11) is 1.59. The fourth-order valence-electron chi connectivity index (χ4n) is 4.79. The van der Waals surface area contributed by atoms with Gasteiger partial charge in [-0.3, -0.25) is 4.79 Å². The standard InChI is InChI=1S/C32H25FN4O2/c1-39-27-18-14-24(15-19-27)32(38)37-30(20-29(34-37)22-12-16-25(33)17-13-22)28-21-36(26-10-6-3-7-11-26)35-31(28)23-8-4-2-5-9-23/h2-19,21,30H,20H2,1H3. The maximum absolute atomic E-state index is 13.9. The number of hydrogen-bond donors (Lipinski definition) is 0. The number of amides is 1. The highest BCUT2D eigenvalue weighted by molar-refractivity contribution is 6.05. The van der Waals surface area contributed by atoms with Gasteiger partial charge in [0.05, 0.1) is 30.2 Å². The third-order valence-electron chi connectivity index (χ3n) is 6.80. The molecule has 1 atom stereocenters. The Hall–Kier alpha value is -5.04. The number of hydrogen-bond acceptors (Lipinski definition) is 4. The number of carbonyl (C=O) groups excluding carboxylic acids is 1. The predicted octanol–water partition coefficient (Wildman–Crippen LogP) is 6.68.